The van der Waals surface area contributed by atoms with Crippen molar-refractivity contribution in [1.29, 1.82) is 0 Å². The third-order valence-corrected chi connectivity index (χ3v) is 9.93. The molecule has 0 amide bonds. The average Bonchev–Trinajstić information content (AvgIpc) is 3.73. The highest BCUT2D eigenvalue weighted by atomic mass is 32.1. The van der Waals surface area contributed by atoms with Crippen LogP contribution in [-0.4, -0.2) is 9.97 Å². The maximum atomic E-state index is 4.99. The van der Waals surface area contributed by atoms with Gasteiger partial charge in [-0.15, -0.1) is 22.7 Å². The second-order valence-corrected chi connectivity index (χ2v) is 12.7. The van der Waals surface area contributed by atoms with Crippen molar-refractivity contribution in [3.05, 3.63) is 180 Å². The molecule has 0 bridgehead atoms. The second kappa shape index (κ2) is 11.5. The highest BCUT2D eigenvalue weighted by Gasteiger charge is 2.18. The van der Waals surface area contributed by atoms with E-state index in [0.717, 1.165) is 43.3 Å². The number of nitrogens with zero attached hydrogens (tertiary/aromatic N) is 2. The van der Waals surface area contributed by atoms with Crippen LogP contribution in [0.25, 0.3) is 52.7 Å². The van der Waals surface area contributed by atoms with Crippen LogP contribution < -0.4 is 0 Å². The smallest absolute Gasteiger partial charge is 0.124 e. The predicted octanol–water partition coefficient (Wildman–Crippen LogP) is 11.2. The van der Waals surface area contributed by atoms with Gasteiger partial charge in [-0.1, -0.05) is 121 Å². The summed E-state index contributed by atoms with van der Waals surface area (Å²) in [6.45, 7) is 0. The van der Waals surface area contributed by atoms with Crippen LogP contribution in [0.5, 0.6) is 0 Å². The number of aromatic nitrogens is 2. The van der Waals surface area contributed by atoms with Gasteiger partial charge in [-0.2, -0.15) is 0 Å². The van der Waals surface area contributed by atoms with Gasteiger partial charge in [0.2, 0.25) is 0 Å². The largest absolute Gasteiger partial charge is 0.236 e. The normalized spacial score (nSPS) is 11.2. The number of benzene rings is 6. The molecule has 6 aromatic carbocycles. The number of hydrogen-bond acceptors (Lipinski definition) is 4. The molecule has 208 valence electrons. The van der Waals surface area contributed by atoms with Crippen LogP contribution in [0.3, 0.4) is 0 Å². The molecule has 0 atom stereocenters. The number of thiazole rings is 2. The first-order chi connectivity index (χ1) is 21.8. The van der Waals surface area contributed by atoms with Crippen molar-refractivity contribution < 1.29 is 0 Å². The molecule has 0 fully saturated rings. The number of para-hydroxylation sites is 2. The lowest BCUT2D eigenvalue weighted by molar-refractivity contribution is 1.45. The Bertz CT molecular complexity index is 2050. The summed E-state index contributed by atoms with van der Waals surface area (Å²) in [5.41, 5.74) is 11.3. The molecule has 44 heavy (non-hydrogen) atoms. The van der Waals surface area contributed by atoms with Gasteiger partial charge in [0.1, 0.15) is 10.0 Å². The van der Waals surface area contributed by atoms with Crippen molar-refractivity contribution >= 4 is 54.3 Å². The summed E-state index contributed by atoms with van der Waals surface area (Å²) in [7, 11) is 0. The van der Waals surface area contributed by atoms with Crippen LogP contribution in [0.15, 0.2) is 158 Å². The molecule has 0 aliphatic carbocycles. The zero-order valence-corrected chi connectivity index (χ0v) is 25.4. The summed E-state index contributed by atoms with van der Waals surface area (Å²) in [4.78, 5) is 9.97. The van der Waals surface area contributed by atoms with E-state index in [1.165, 1.54) is 31.7 Å². The summed E-state index contributed by atoms with van der Waals surface area (Å²) >= 11 is 3.47. The summed E-state index contributed by atoms with van der Waals surface area (Å²) < 4.78 is 2.39. The SMILES string of the molecule is c1ccc(C(=C(c2cccc(-c3nc4ccccc4s3)c2)c2cccc(-c3nc4ccccc4s3)c2)c2ccccc2)cc1. The Morgan fingerprint density at radius 3 is 1.20 bits per heavy atom. The van der Waals surface area contributed by atoms with Gasteiger partial charge in [-0.3, -0.25) is 0 Å². The summed E-state index contributed by atoms with van der Waals surface area (Å²) in [5, 5.41) is 2.05. The summed E-state index contributed by atoms with van der Waals surface area (Å²) in [6, 6.07) is 55.8. The van der Waals surface area contributed by atoms with Crippen LogP contribution in [0, 0.1) is 0 Å². The van der Waals surface area contributed by atoms with Crippen LogP contribution in [0.1, 0.15) is 22.3 Å². The zero-order chi connectivity index (χ0) is 29.3. The molecule has 0 saturated carbocycles. The fourth-order valence-corrected chi connectivity index (χ4v) is 7.65. The molecule has 8 aromatic rings. The Kier molecular flexibility index (Phi) is 6.91. The highest BCUT2D eigenvalue weighted by Crippen LogP contribution is 2.40. The lowest BCUT2D eigenvalue weighted by atomic mass is 9.85. The van der Waals surface area contributed by atoms with Crippen molar-refractivity contribution in [3.63, 3.8) is 0 Å². The fourth-order valence-electron chi connectivity index (χ4n) is 5.73. The molecule has 2 heterocycles. The molecule has 0 spiro atoms. The van der Waals surface area contributed by atoms with E-state index in [9.17, 15) is 0 Å². The van der Waals surface area contributed by atoms with Crippen molar-refractivity contribution in [2.24, 2.45) is 0 Å². The molecule has 0 aliphatic heterocycles. The third kappa shape index (κ3) is 5.05. The van der Waals surface area contributed by atoms with Gasteiger partial charge in [0.05, 0.1) is 20.4 Å². The van der Waals surface area contributed by atoms with E-state index < -0.39 is 0 Å². The van der Waals surface area contributed by atoms with Gasteiger partial charge >= 0.3 is 0 Å². The minimum absolute atomic E-state index is 1.02. The molecule has 0 saturated heterocycles. The van der Waals surface area contributed by atoms with E-state index in [1.807, 2.05) is 12.1 Å². The van der Waals surface area contributed by atoms with Crippen molar-refractivity contribution in [3.8, 4) is 21.1 Å². The van der Waals surface area contributed by atoms with E-state index in [2.05, 4.69) is 146 Å². The van der Waals surface area contributed by atoms with Crippen molar-refractivity contribution in [2.45, 2.75) is 0 Å². The standard InChI is InChI=1S/C40H26N2S2/c1-3-13-27(14-4-1)37(28-15-5-2-6-16-28)38(29-17-11-19-31(25-29)39-41-33-21-7-9-23-35(33)43-39)30-18-12-20-32(26-30)40-42-34-22-8-10-24-36(34)44-40/h1-26H. The predicted molar refractivity (Wildman–Crippen MR) is 188 cm³/mol. The van der Waals surface area contributed by atoms with E-state index >= 15 is 0 Å². The molecule has 2 nitrogen and oxygen atoms in total. The second-order valence-electron chi connectivity index (χ2n) is 10.6. The Morgan fingerprint density at radius 1 is 0.364 bits per heavy atom. The quantitative estimate of drug-likeness (QED) is 0.178. The fraction of sp³-hybridized carbons (Fsp3) is 0. The summed E-state index contributed by atoms with van der Waals surface area (Å²) in [5.74, 6) is 0. The number of rotatable bonds is 6. The minimum atomic E-state index is 1.02. The minimum Gasteiger partial charge on any atom is -0.236 e. The molecule has 0 unspecified atom stereocenters. The van der Waals surface area contributed by atoms with E-state index in [1.54, 1.807) is 22.7 Å². The molecule has 0 radical (unpaired) electrons. The molecular formula is C40H26N2S2. The topological polar surface area (TPSA) is 25.8 Å². The van der Waals surface area contributed by atoms with Gasteiger partial charge in [0, 0.05) is 11.1 Å². The van der Waals surface area contributed by atoms with Gasteiger partial charge in [-0.25, -0.2) is 9.97 Å². The van der Waals surface area contributed by atoms with Crippen LogP contribution in [-0.2, 0) is 0 Å². The number of fused-ring (bicyclic) bond motifs is 2. The van der Waals surface area contributed by atoms with Gasteiger partial charge < -0.3 is 0 Å². The van der Waals surface area contributed by atoms with E-state index in [4.69, 9.17) is 9.97 Å². The third-order valence-electron chi connectivity index (χ3n) is 7.76. The van der Waals surface area contributed by atoms with Gasteiger partial charge in [0.15, 0.2) is 0 Å². The first-order valence-corrected chi connectivity index (χ1v) is 16.2. The lowest BCUT2D eigenvalue weighted by Gasteiger charge is -2.19. The highest BCUT2D eigenvalue weighted by molar-refractivity contribution is 7.22. The van der Waals surface area contributed by atoms with Crippen LogP contribution in [0.2, 0.25) is 0 Å². The Hall–Kier alpha value is -5.16. The number of hydrogen-bond donors (Lipinski definition) is 0. The molecule has 2 aromatic heterocycles. The first kappa shape index (κ1) is 26.5. The lowest BCUT2D eigenvalue weighted by Crippen LogP contribution is -1.98. The molecule has 0 N–H and O–H groups in total. The maximum absolute atomic E-state index is 4.99. The first-order valence-electron chi connectivity index (χ1n) is 14.6. The Balaban J connectivity index is 1.38. The monoisotopic (exact) mass is 598 g/mol. The van der Waals surface area contributed by atoms with Crippen molar-refractivity contribution in [2.75, 3.05) is 0 Å². The van der Waals surface area contributed by atoms with Gasteiger partial charge in [0.25, 0.3) is 0 Å². The van der Waals surface area contributed by atoms with E-state index in [0.29, 0.717) is 0 Å². The van der Waals surface area contributed by atoms with Crippen LogP contribution in [0.4, 0.5) is 0 Å². The summed E-state index contributed by atoms with van der Waals surface area (Å²) in [6.07, 6.45) is 0. The molecule has 8 rings (SSSR count). The Morgan fingerprint density at radius 2 is 0.750 bits per heavy atom. The Labute approximate surface area is 264 Å². The zero-order valence-electron chi connectivity index (χ0n) is 23.7. The molecular weight excluding hydrogens is 573 g/mol. The van der Waals surface area contributed by atoms with E-state index in [-0.39, 0.29) is 0 Å². The molecule has 4 heteroatoms. The van der Waals surface area contributed by atoms with Crippen molar-refractivity contribution in [1.82, 2.24) is 9.97 Å². The average molecular weight is 599 g/mol. The van der Waals surface area contributed by atoms with Gasteiger partial charge in [-0.05, 0) is 69.8 Å². The van der Waals surface area contributed by atoms with Crippen LogP contribution >= 0.6 is 22.7 Å². The molecule has 0 aliphatic rings. The maximum Gasteiger partial charge on any atom is 0.124 e.